The van der Waals surface area contributed by atoms with Crippen molar-refractivity contribution >= 4 is 5.91 Å². The van der Waals surface area contributed by atoms with Crippen LogP contribution in [0, 0.1) is 5.92 Å². The molecule has 2 atom stereocenters. The van der Waals surface area contributed by atoms with Gasteiger partial charge in [-0.05, 0) is 19.9 Å². The van der Waals surface area contributed by atoms with Crippen LogP contribution < -0.4 is 11.1 Å². The van der Waals surface area contributed by atoms with Crippen molar-refractivity contribution in [3.05, 3.63) is 0 Å². The number of amides is 1. The normalized spacial score (nSPS) is 15.6. The van der Waals surface area contributed by atoms with Gasteiger partial charge in [-0.3, -0.25) is 4.79 Å². The van der Waals surface area contributed by atoms with E-state index < -0.39 is 0 Å². The van der Waals surface area contributed by atoms with E-state index in [1.807, 2.05) is 0 Å². The molecule has 4 N–H and O–H groups in total. The molecule has 4 nitrogen and oxygen atoms in total. The average molecular weight is 174 g/mol. The summed E-state index contributed by atoms with van der Waals surface area (Å²) in [5.74, 6) is -0.432. The van der Waals surface area contributed by atoms with Crippen LogP contribution in [0.1, 0.15) is 20.3 Å². The molecule has 4 heteroatoms. The Morgan fingerprint density at radius 1 is 1.58 bits per heavy atom. The molecule has 0 aliphatic carbocycles. The first-order chi connectivity index (χ1) is 5.54. The van der Waals surface area contributed by atoms with Crippen LogP contribution in [0.5, 0.6) is 0 Å². The maximum Gasteiger partial charge on any atom is 0.221 e. The Hall–Kier alpha value is -0.610. The van der Waals surface area contributed by atoms with Gasteiger partial charge in [0.2, 0.25) is 5.91 Å². The number of hydrogen-bond donors (Lipinski definition) is 3. The van der Waals surface area contributed by atoms with Crippen LogP contribution in [0.2, 0.25) is 0 Å². The van der Waals surface area contributed by atoms with Crippen LogP contribution in [0.15, 0.2) is 0 Å². The number of primary amides is 1. The van der Waals surface area contributed by atoms with Gasteiger partial charge in [0.25, 0.3) is 0 Å². The van der Waals surface area contributed by atoms with Crippen LogP contribution in [0.25, 0.3) is 0 Å². The van der Waals surface area contributed by atoms with Crippen LogP contribution >= 0.6 is 0 Å². The first kappa shape index (κ1) is 11.4. The van der Waals surface area contributed by atoms with Gasteiger partial charge < -0.3 is 16.2 Å². The molecule has 0 spiro atoms. The molecule has 0 heterocycles. The molecule has 72 valence electrons. The maximum atomic E-state index is 10.6. The van der Waals surface area contributed by atoms with Crippen molar-refractivity contribution in [2.75, 3.05) is 13.1 Å². The predicted octanol–water partition coefficient (Wildman–Crippen LogP) is -0.532. The van der Waals surface area contributed by atoms with Crippen LogP contribution in [-0.2, 0) is 4.79 Å². The van der Waals surface area contributed by atoms with Gasteiger partial charge in [0.1, 0.15) is 0 Å². The molecule has 0 saturated heterocycles. The number of nitrogens with one attached hydrogen (secondary N) is 1. The molecule has 0 saturated carbocycles. The van der Waals surface area contributed by atoms with E-state index in [9.17, 15) is 4.79 Å². The van der Waals surface area contributed by atoms with E-state index in [1.54, 1.807) is 13.8 Å². The highest BCUT2D eigenvalue weighted by Crippen LogP contribution is 1.91. The Morgan fingerprint density at radius 2 is 2.17 bits per heavy atom. The lowest BCUT2D eigenvalue weighted by molar-refractivity contribution is -0.121. The van der Waals surface area contributed by atoms with Crippen LogP contribution in [0.3, 0.4) is 0 Å². The number of aliphatic hydroxyl groups excluding tert-OH is 1. The number of aliphatic hydroxyl groups is 1. The van der Waals surface area contributed by atoms with Crippen molar-refractivity contribution in [3.63, 3.8) is 0 Å². The lowest BCUT2D eigenvalue weighted by atomic mass is 10.1. The summed E-state index contributed by atoms with van der Waals surface area (Å²) in [7, 11) is 0. The molecule has 0 radical (unpaired) electrons. The van der Waals surface area contributed by atoms with Crippen molar-refractivity contribution in [1.82, 2.24) is 5.32 Å². The van der Waals surface area contributed by atoms with Gasteiger partial charge in [-0.25, -0.2) is 0 Å². The smallest absolute Gasteiger partial charge is 0.221 e. The number of hydrogen-bond acceptors (Lipinski definition) is 3. The van der Waals surface area contributed by atoms with Gasteiger partial charge in [-0.15, -0.1) is 0 Å². The summed E-state index contributed by atoms with van der Waals surface area (Å²) in [6.07, 6.45) is 0.409. The molecule has 2 unspecified atom stereocenters. The first-order valence-electron chi connectivity index (χ1n) is 4.22. The summed E-state index contributed by atoms with van der Waals surface area (Å²) < 4.78 is 0. The summed E-state index contributed by atoms with van der Waals surface area (Å²) in [4.78, 5) is 10.6. The number of rotatable bonds is 6. The third-order valence-electron chi connectivity index (χ3n) is 1.68. The minimum atomic E-state index is -0.292. The first-order valence-corrected chi connectivity index (χ1v) is 4.22. The molecule has 0 aliphatic heterocycles. The van der Waals surface area contributed by atoms with Gasteiger partial charge in [0.15, 0.2) is 0 Å². The molecule has 0 aromatic rings. The number of carbonyl (C=O) groups is 1. The summed E-state index contributed by atoms with van der Waals surface area (Å²) in [5.41, 5.74) is 5.05. The van der Waals surface area contributed by atoms with Gasteiger partial charge in [-0.1, -0.05) is 6.92 Å². The van der Waals surface area contributed by atoms with Gasteiger partial charge >= 0.3 is 0 Å². The fraction of sp³-hybridized carbons (Fsp3) is 0.875. The summed E-state index contributed by atoms with van der Waals surface area (Å²) in [6, 6.07) is 0. The Kier molecular flexibility index (Phi) is 5.66. The van der Waals surface area contributed by atoms with E-state index in [4.69, 9.17) is 10.8 Å². The van der Waals surface area contributed by atoms with E-state index in [0.29, 0.717) is 13.0 Å². The van der Waals surface area contributed by atoms with Gasteiger partial charge in [0.05, 0.1) is 6.10 Å². The summed E-state index contributed by atoms with van der Waals surface area (Å²) in [6.45, 7) is 4.81. The van der Waals surface area contributed by atoms with Crippen LogP contribution in [-0.4, -0.2) is 30.2 Å². The minimum absolute atomic E-state index is 0.140. The molecule has 0 bridgehead atoms. The number of nitrogens with two attached hydrogens (primary N) is 1. The van der Waals surface area contributed by atoms with Crippen molar-refractivity contribution in [2.45, 2.75) is 26.4 Å². The van der Waals surface area contributed by atoms with Crippen LogP contribution in [0.4, 0.5) is 0 Å². The highest BCUT2D eigenvalue weighted by molar-refractivity contribution is 5.76. The SMILES string of the molecule is CC(O)CCNCC(C)C(N)=O. The van der Waals surface area contributed by atoms with Crippen molar-refractivity contribution in [3.8, 4) is 0 Å². The summed E-state index contributed by atoms with van der Waals surface area (Å²) >= 11 is 0. The summed E-state index contributed by atoms with van der Waals surface area (Å²) in [5, 5.41) is 11.9. The second-order valence-corrected chi connectivity index (χ2v) is 3.15. The molecule has 0 rings (SSSR count). The lowest BCUT2D eigenvalue weighted by Crippen LogP contribution is -2.32. The second-order valence-electron chi connectivity index (χ2n) is 3.15. The van der Waals surface area contributed by atoms with E-state index in [-0.39, 0.29) is 17.9 Å². The molecule has 0 aliphatic rings. The third kappa shape index (κ3) is 6.12. The molecule has 0 fully saturated rings. The molecular weight excluding hydrogens is 156 g/mol. The quantitative estimate of drug-likeness (QED) is 0.474. The monoisotopic (exact) mass is 174 g/mol. The largest absolute Gasteiger partial charge is 0.393 e. The van der Waals surface area contributed by atoms with E-state index in [1.165, 1.54) is 0 Å². The zero-order valence-electron chi connectivity index (χ0n) is 7.71. The lowest BCUT2D eigenvalue weighted by Gasteiger charge is -2.09. The van der Waals surface area contributed by atoms with E-state index in [0.717, 1.165) is 6.54 Å². The maximum absolute atomic E-state index is 10.6. The Bertz CT molecular complexity index is 137. The molecule has 0 aromatic heterocycles. The average Bonchev–Trinajstić information content (AvgIpc) is 1.97. The molecule has 0 aromatic carbocycles. The van der Waals surface area contributed by atoms with Gasteiger partial charge in [0, 0.05) is 12.5 Å². The highest BCUT2D eigenvalue weighted by Gasteiger charge is 2.06. The van der Waals surface area contributed by atoms with Crippen molar-refractivity contribution in [1.29, 1.82) is 0 Å². The van der Waals surface area contributed by atoms with Crippen molar-refractivity contribution in [2.24, 2.45) is 11.7 Å². The van der Waals surface area contributed by atoms with Crippen molar-refractivity contribution < 1.29 is 9.90 Å². The molecule has 12 heavy (non-hydrogen) atoms. The fourth-order valence-electron chi connectivity index (χ4n) is 0.730. The topological polar surface area (TPSA) is 75.3 Å². The molecule has 1 amide bonds. The van der Waals surface area contributed by atoms with E-state index in [2.05, 4.69) is 5.32 Å². The Labute approximate surface area is 73.1 Å². The van der Waals surface area contributed by atoms with E-state index >= 15 is 0 Å². The zero-order valence-corrected chi connectivity index (χ0v) is 7.71. The highest BCUT2D eigenvalue weighted by atomic mass is 16.3. The second kappa shape index (κ2) is 5.97. The molecular formula is C8H18N2O2. The predicted molar refractivity (Wildman–Crippen MR) is 47.5 cm³/mol. The fourth-order valence-corrected chi connectivity index (χ4v) is 0.730. The zero-order chi connectivity index (χ0) is 9.56. The number of carbonyl (C=O) groups excluding carboxylic acids is 1. The minimum Gasteiger partial charge on any atom is -0.393 e. The van der Waals surface area contributed by atoms with Gasteiger partial charge in [-0.2, -0.15) is 0 Å². The Balaban J connectivity index is 3.25. The standard InChI is InChI=1S/C8H18N2O2/c1-6(8(9)12)5-10-4-3-7(2)11/h6-7,10-11H,3-5H2,1-2H3,(H2,9,12). The third-order valence-corrected chi connectivity index (χ3v) is 1.68. The Morgan fingerprint density at radius 3 is 2.58 bits per heavy atom.